The van der Waals surface area contributed by atoms with E-state index in [1.807, 2.05) is 6.92 Å². The zero-order valence-electron chi connectivity index (χ0n) is 8.56. The maximum Gasteiger partial charge on any atom is 0.193 e. The SMILES string of the molecule is CCCS(=O)(=O)CCSC(=N)N=C(N)N. The lowest BCUT2D eigenvalue weighted by atomic mass is 10.6. The van der Waals surface area contributed by atoms with E-state index in [0.29, 0.717) is 12.2 Å². The number of guanidine groups is 1. The van der Waals surface area contributed by atoms with Crippen LogP contribution < -0.4 is 11.5 Å². The molecule has 0 saturated heterocycles. The lowest BCUT2D eigenvalue weighted by Crippen LogP contribution is -2.23. The van der Waals surface area contributed by atoms with Crippen molar-refractivity contribution in [1.82, 2.24) is 0 Å². The summed E-state index contributed by atoms with van der Waals surface area (Å²) in [5, 5.41) is 7.18. The second kappa shape index (κ2) is 6.67. The molecule has 0 heterocycles. The Morgan fingerprint density at radius 2 is 2.00 bits per heavy atom. The Hall–Kier alpha value is -0.760. The molecule has 0 amide bonds. The van der Waals surface area contributed by atoms with E-state index in [1.165, 1.54) is 0 Å². The van der Waals surface area contributed by atoms with Crippen molar-refractivity contribution >= 4 is 32.7 Å². The van der Waals surface area contributed by atoms with E-state index in [4.69, 9.17) is 16.9 Å². The van der Waals surface area contributed by atoms with Crippen LogP contribution in [0.2, 0.25) is 0 Å². The minimum absolute atomic E-state index is 0.0495. The molecule has 88 valence electrons. The molecule has 0 aromatic carbocycles. The number of hydrogen-bond donors (Lipinski definition) is 3. The highest BCUT2D eigenvalue weighted by molar-refractivity contribution is 8.14. The van der Waals surface area contributed by atoms with Crippen LogP contribution in [0.15, 0.2) is 4.99 Å². The van der Waals surface area contributed by atoms with Gasteiger partial charge in [-0.2, -0.15) is 4.99 Å². The molecular weight excluding hydrogens is 236 g/mol. The third-order valence-electron chi connectivity index (χ3n) is 1.38. The van der Waals surface area contributed by atoms with Gasteiger partial charge in [-0.05, 0) is 6.42 Å². The van der Waals surface area contributed by atoms with Gasteiger partial charge in [0.1, 0.15) is 0 Å². The Labute approximate surface area is 93.9 Å². The van der Waals surface area contributed by atoms with Crippen LogP contribution in [0.4, 0.5) is 0 Å². The van der Waals surface area contributed by atoms with Gasteiger partial charge in [-0.3, -0.25) is 5.41 Å². The molecule has 8 heteroatoms. The number of rotatable bonds is 5. The number of hydrogen-bond acceptors (Lipinski definition) is 4. The second-order valence-electron chi connectivity index (χ2n) is 2.84. The number of amidine groups is 1. The minimum Gasteiger partial charge on any atom is -0.370 e. The highest BCUT2D eigenvalue weighted by Gasteiger charge is 2.09. The van der Waals surface area contributed by atoms with E-state index in [0.717, 1.165) is 11.8 Å². The van der Waals surface area contributed by atoms with Crippen molar-refractivity contribution in [2.45, 2.75) is 13.3 Å². The number of sulfone groups is 1. The van der Waals surface area contributed by atoms with Crippen LogP contribution in [0.5, 0.6) is 0 Å². The van der Waals surface area contributed by atoms with Crippen molar-refractivity contribution in [3.8, 4) is 0 Å². The van der Waals surface area contributed by atoms with Gasteiger partial charge < -0.3 is 11.5 Å². The van der Waals surface area contributed by atoms with Gasteiger partial charge in [0.25, 0.3) is 0 Å². The number of thioether (sulfide) groups is 1. The summed E-state index contributed by atoms with van der Waals surface area (Å²) < 4.78 is 22.5. The van der Waals surface area contributed by atoms with Crippen LogP contribution in [0.3, 0.4) is 0 Å². The van der Waals surface area contributed by atoms with Gasteiger partial charge in [0, 0.05) is 11.5 Å². The first kappa shape index (κ1) is 14.2. The lowest BCUT2D eigenvalue weighted by molar-refractivity contribution is 0.596. The summed E-state index contributed by atoms with van der Waals surface area (Å²) in [7, 11) is -2.98. The van der Waals surface area contributed by atoms with Gasteiger partial charge in [-0.15, -0.1) is 0 Å². The molecule has 0 rings (SSSR count). The molecule has 0 bridgehead atoms. The first-order valence-corrected chi connectivity index (χ1v) is 7.19. The zero-order valence-corrected chi connectivity index (χ0v) is 10.2. The maximum atomic E-state index is 11.3. The Morgan fingerprint density at radius 3 is 2.47 bits per heavy atom. The van der Waals surface area contributed by atoms with Gasteiger partial charge in [-0.1, -0.05) is 18.7 Å². The molecule has 0 unspecified atom stereocenters. The van der Waals surface area contributed by atoms with Crippen molar-refractivity contribution in [2.24, 2.45) is 16.5 Å². The van der Waals surface area contributed by atoms with Crippen molar-refractivity contribution in [3.63, 3.8) is 0 Å². The quantitative estimate of drug-likeness (QED) is 0.460. The van der Waals surface area contributed by atoms with E-state index in [1.54, 1.807) is 0 Å². The third-order valence-corrected chi connectivity index (χ3v) is 4.27. The topological polar surface area (TPSA) is 122 Å². The fourth-order valence-electron chi connectivity index (χ4n) is 0.828. The highest BCUT2D eigenvalue weighted by atomic mass is 32.2. The average molecular weight is 252 g/mol. The summed E-state index contributed by atoms with van der Waals surface area (Å²) >= 11 is 1.01. The zero-order chi connectivity index (χ0) is 11.9. The fraction of sp³-hybridized carbons (Fsp3) is 0.714. The van der Waals surface area contributed by atoms with Gasteiger partial charge in [0.2, 0.25) is 0 Å². The first-order chi connectivity index (χ1) is 6.87. The molecule has 0 aliphatic carbocycles. The molecule has 0 atom stereocenters. The number of nitrogens with zero attached hydrogens (tertiary/aromatic N) is 1. The van der Waals surface area contributed by atoms with E-state index < -0.39 is 9.84 Å². The monoisotopic (exact) mass is 252 g/mol. The Morgan fingerprint density at radius 1 is 1.40 bits per heavy atom. The first-order valence-electron chi connectivity index (χ1n) is 4.39. The summed E-state index contributed by atoms with van der Waals surface area (Å²) in [5.74, 6) is 0.346. The highest BCUT2D eigenvalue weighted by Crippen LogP contribution is 2.05. The molecule has 0 fully saturated rings. The van der Waals surface area contributed by atoms with Crippen LogP contribution in [0, 0.1) is 5.41 Å². The normalized spacial score (nSPS) is 11.0. The predicted molar refractivity (Wildman–Crippen MR) is 64.9 cm³/mol. The summed E-state index contributed by atoms with van der Waals surface area (Å²) in [6.07, 6.45) is 0.609. The smallest absolute Gasteiger partial charge is 0.193 e. The van der Waals surface area contributed by atoms with E-state index >= 15 is 0 Å². The molecule has 0 aliphatic rings. The summed E-state index contributed by atoms with van der Waals surface area (Å²) in [6.45, 7) is 1.81. The van der Waals surface area contributed by atoms with Crippen LogP contribution in [0.25, 0.3) is 0 Å². The molecule has 6 nitrogen and oxygen atoms in total. The minimum atomic E-state index is -2.98. The average Bonchev–Trinajstić information content (AvgIpc) is 2.01. The lowest BCUT2D eigenvalue weighted by Gasteiger charge is -2.01. The Bertz CT molecular complexity index is 333. The van der Waals surface area contributed by atoms with Crippen LogP contribution >= 0.6 is 11.8 Å². The van der Waals surface area contributed by atoms with Gasteiger partial charge in [-0.25, -0.2) is 8.42 Å². The van der Waals surface area contributed by atoms with Crippen molar-refractivity contribution in [2.75, 3.05) is 17.3 Å². The van der Waals surface area contributed by atoms with Gasteiger partial charge >= 0.3 is 0 Å². The molecule has 0 spiro atoms. The molecule has 0 aromatic rings. The standard InChI is InChI=1S/C7H16N4O2S2/c1-2-4-15(12,13)5-3-14-7(10)11-6(8)9/h2-5H2,1H3,(H5,8,9,10,11). The van der Waals surface area contributed by atoms with Crippen LogP contribution in [-0.2, 0) is 9.84 Å². The van der Waals surface area contributed by atoms with Crippen LogP contribution in [0.1, 0.15) is 13.3 Å². The molecule has 0 aliphatic heterocycles. The van der Waals surface area contributed by atoms with Gasteiger partial charge in [0.15, 0.2) is 21.0 Å². The molecule has 15 heavy (non-hydrogen) atoms. The number of aliphatic imine (C=N–C) groups is 1. The van der Waals surface area contributed by atoms with E-state index in [-0.39, 0.29) is 22.6 Å². The van der Waals surface area contributed by atoms with Crippen molar-refractivity contribution in [3.05, 3.63) is 0 Å². The fourth-order valence-corrected chi connectivity index (χ4v) is 3.37. The summed E-state index contributed by atoms with van der Waals surface area (Å²) in [4.78, 5) is 3.47. The largest absolute Gasteiger partial charge is 0.370 e. The maximum absolute atomic E-state index is 11.3. The van der Waals surface area contributed by atoms with E-state index in [2.05, 4.69) is 4.99 Å². The molecular formula is C7H16N4O2S2. The third kappa shape index (κ3) is 8.25. The molecule has 0 radical (unpaired) electrons. The van der Waals surface area contributed by atoms with Crippen LogP contribution in [-0.4, -0.2) is 36.8 Å². The summed E-state index contributed by atoms with van der Waals surface area (Å²) in [6, 6.07) is 0. The molecule has 0 aromatic heterocycles. The van der Waals surface area contributed by atoms with Gasteiger partial charge in [0.05, 0.1) is 5.75 Å². The summed E-state index contributed by atoms with van der Waals surface area (Å²) in [5.41, 5.74) is 10.1. The molecule has 5 N–H and O–H groups in total. The Kier molecular flexibility index (Phi) is 6.34. The predicted octanol–water partition coefficient (Wildman–Crippen LogP) is -0.247. The van der Waals surface area contributed by atoms with E-state index in [9.17, 15) is 8.42 Å². The van der Waals surface area contributed by atoms with Crippen molar-refractivity contribution < 1.29 is 8.42 Å². The Balaban J connectivity index is 3.90. The molecule has 0 saturated carbocycles. The van der Waals surface area contributed by atoms with Crippen molar-refractivity contribution in [1.29, 1.82) is 5.41 Å². The second-order valence-corrected chi connectivity index (χ2v) is 6.23. The number of nitrogens with two attached hydrogens (primary N) is 2. The number of nitrogens with one attached hydrogen (secondary N) is 1.